The fraction of sp³-hybridized carbons (Fsp3) is 0.385. The van der Waals surface area contributed by atoms with Crippen LogP contribution >= 0.6 is 0 Å². The summed E-state index contributed by atoms with van der Waals surface area (Å²) < 4.78 is 5.32. The molecule has 1 aliphatic carbocycles. The quantitative estimate of drug-likeness (QED) is 0.736. The van der Waals surface area contributed by atoms with Crippen LogP contribution in [-0.2, 0) is 11.2 Å². The molecule has 0 radical (unpaired) electrons. The van der Waals surface area contributed by atoms with Gasteiger partial charge in [-0.25, -0.2) is 4.79 Å². The Balaban J connectivity index is 1.96. The van der Waals surface area contributed by atoms with Gasteiger partial charge in [-0.3, -0.25) is 10.1 Å². The summed E-state index contributed by atoms with van der Waals surface area (Å²) in [5.74, 6) is 0.0659. The van der Waals surface area contributed by atoms with Crippen molar-refractivity contribution in [2.45, 2.75) is 18.9 Å². The Morgan fingerprint density at radius 2 is 2.26 bits per heavy atom. The van der Waals surface area contributed by atoms with Crippen LogP contribution in [0.3, 0.4) is 0 Å². The monoisotopic (exact) mass is 263 g/mol. The van der Waals surface area contributed by atoms with Gasteiger partial charge in [-0.15, -0.1) is 0 Å². The number of hydrogen-bond acceptors (Lipinski definition) is 4. The van der Waals surface area contributed by atoms with E-state index in [1.165, 1.54) is 11.1 Å². The molecule has 0 saturated heterocycles. The normalized spacial score (nSPS) is 16.8. The predicted molar refractivity (Wildman–Crippen MR) is 69.8 cm³/mol. The van der Waals surface area contributed by atoms with Gasteiger partial charge in [-0.1, -0.05) is 6.07 Å². The van der Waals surface area contributed by atoms with Gasteiger partial charge in [-0.2, -0.15) is 0 Å². The molecule has 4 N–H and O–H groups in total. The Morgan fingerprint density at radius 3 is 2.95 bits per heavy atom. The second-order valence-corrected chi connectivity index (χ2v) is 4.44. The number of nitrogens with two attached hydrogens (primary N) is 1. The van der Waals surface area contributed by atoms with Gasteiger partial charge in [-0.05, 0) is 43.1 Å². The number of carbonyl (C=O) groups excluding carboxylic acids is 2. The largest absolute Gasteiger partial charge is 0.484 e. The Labute approximate surface area is 111 Å². The second kappa shape index (κ2) is 5.71. The fourth-order valence-corrected chi connectivity index (χ4v) is 2.31. The van der Waals surface area contributed by atoms with Gasteiger partial charge < -0.3 is 15.8 Å². The summed E-state index contributed by atoms with van der Waals surface area (Å²) in [5.41, 5.74) is 7.34. The highest BCUT2D eigenvalue weighted by atomic mass is 16.5. The van der Waals surface area contributed by atoms with E-state index in [2.05, 4.69) is 5.32 Å². The van der Waals surface area contributed by atoms with Crippen molar-refractivity contribution in [3.63, 3.8) is 0 Å². The first-order valence-corrected chi connectivity index (χ1v) is 6.12. The average molecular weight is 263 g/mol. The van der Waals surface area contributed by atoms with Crippen LogP contribution < -0.4 is 21.1 Å². The van der Waals surface area contributed by atoms with Crippen molar-refractivity contribution < 1.29 is 14.3 Å². The molecule has 0 aliphatic heterocycles. The predicted octanol–water partition coefficient (Wildman–Crippen LogP) is 0.467. The SMILES string of the molecule is CNC1CCc2cc(OCC(=O)NC(N)=O)ccc21. The average Bonchev–Trinajstić information content (AvgIpc) is 2.77. The minimum Gasteiger partial charge on any atom is -0.484 e. The third kappa shape index (κ3) is 3.23. The minimum atomic E-state index is -0.876. The number of amides is 3. The Kier molecular flexibility index (Phi) is 4.01. The number of hydrogen-bond donors (Lipinski definition) is 3. The molecule has 0 aromatic heterocycles. The highest BCUT2D eigenvalue weighted by Gasteiger charge is 2.21. The number of rotatable bonds is 4. The second-order valence-electron chi connectivity index (χ2n) is 4.44. The standard InChI is InChI=1S/C13H17N3O3/c1-15-11-5-2-8-6-9(3-4-10(8)11)19-7-12(17)16-13(14)18/h3-4,6,11,15H,2,5,7H2,1H3,(H3,14,16,17,18). The van der Waals surface area contributed by atoms with Crippen LogP contribution in [0.25, 0.3) is 0 Å². The molecule has 3 amide bonds. The number of carbonyl (C=O) groups is 2. The molecule has 1 unspecified atom stereocenters. The van der Waals surface area contributed by atoms with Gasteiger partial charge in [0.15, 0.2) is 6.61 Å². The lowest BCUT2D eigenvalue weighted by Crippen LogP contribution is -2.38. The number of urea groups is 1. The maximum Gasteiger partial charge on any atom is 0.318 e. The van der Waals surface area contributed by atoms with Crippen molar-refractivity contribution in [2.75, 3.05) is 13.7 Å². The number of primary amides is 1. The lowest BCUT2D eigenvalue weighted by atomic mass is 10.1. The lowest BCUT2D eigenvalue weighted by molar-refractivity contribution is -0.121. The van der Waals surface area contributed by atoms with Gasteiger partial charge >= 0.3 is 6.03 Å². The van der Waals surface area contributed by atoms with E-state index in [0.29, 0.717) is 11.8 Å². The first-order chi connectivity index (χ1) is 9.10. The van der Waals surface area contributed by atoms with Gasteiger partial charge in [0.2, 0.25) is 0 Å². The molecule has 1 aromatic rings. The van der Waals surface area contributed by atoms with Crippen molar-refractivity contribution in [3.8, 4) is 5.75 Å². The number of nitrogens with one attached hydrogen (secondary N) is 2. The molecule has 0 saturated carbocycles. The van der Waals surface area contributed by atoms with Crippen LogP contribution in [0.4, 0.5) is 4.79 Å². The smallest absolute Gasteiger partial charge is 0.318 e. The first-order valence-electron chi connectivity index (χ1n) is 6.12. The Bertz CT molecular complexity index is 502. The summed E-state index contributed by atoms with van der Waals surface area (Å²) in [7, 11) is 1.94. The Hall–Kier alpha value is -2.08. The molecule has 1 aromatic carbocycles. The molecule has 6 nitrogen and oxygen atoms in total. The van der Waals surface area contributed by atoms with Crippen molar-refractivity contribution in [1.29, 1.82) is 0 Å². The number of aryl methyl sites for hydroxylation is 1. The van der Waals surface area contributed by atoms with Crippen LogP contribution in [0.1, 0.15) is 23.6 Å². The van der Waals surface area contributed by atoms with Gasteiger partial charge in [0, 0.05) is 6.04 Å². The van der Waals surface area contributed by atoms with Gasteiger partial charge in [0.25, 0.3) is 5.91 Å². The van der Waals surface area contributed by atoms with E-state index in [9.17, 15) is 9.59 Å². The number of benzene rings is 1. The Morgan fingerprint density at radius 1 is 1.47 bits per heavy atom. The number of imide groups is 1. The third-order valence-electron chi connectivity index (χ3n) is 3.17. The van der Waals surface area contributed by atoms with E-state index in [1.807, 2.05) is 30.6 Å². The number of fused-ring (bicyclic) bond motifs is 1. The van der Waals surface area contributed by atoms with E-state index < -0.39 is 11.9 Å². The summed E-state index contributed by atoms with van der Waals surface area (Å²) in [5, 5.41) is 5.20. The third-order valence-corrected chi connectivity index (χ3v) is 3.17. The van der Waals surface area contributed by atoms with Crippen LogP contribution in [-0.4, -0.2) is 25.6 Å². The molecular formula is C13H17N3O3. The maximum atomic E-state index is 11.2. The summed E-state index contributed by atoms with van der Waals surface area (Å²) in [4.78, 5) is 21.7. The molecule has 19 heavy (non-hydrogen) atoms. The molecule has 1 aliphatic rings. The van der Waals surface area contributed by atoms with Crippen molar-refractivity contribution in [3.05, 3.63) is 29.3 Å². The van der Waals surface area contributed by atoms with Crippen LogP contribution in [0, 0.1) is 0 Å². The zero-order valence-electron chi connectivity index (χ0n) is 10.7. The number of ether oxygens (including phenoxy) is 1. The molecular weight excluding hydrogens is 246 g/mol. The maximum absolute atomic E-state index is 11.2. The summed E-state index contributed by atoms with van der Waals surface area (Å²) in [6, 6.07) is 5.28. The molecule has 0 heterocycles. The zero-order chi connectivity index (χ0) is 13.8. The van der Waals surface area contributed by atoms with Crippen LogP contribution in [0.2, 0.25) is 0 Å². The zero-order valence-corrected chi connectivity index (χ0v) is 10.7. The topological polar surface area (TPSA) is 93.4 Å². The molecule has 102 valence electrons. The molecule has 0 fully saturated rings. The molecule has 0 spiro atoms. The van der Waals surface area contributed by atoms with Gasteiger partial charge in [0.05, 0.1) is 0 Å². The van der Waals surface area contributed by atoms with E-state index >= 15 is 0 Å². The van der Waals surface area contributed by atoms with E-state index in [4.69, 9.17) is 10.5 Å². The van der Waals surface area contributed by atoms with Crippen LogP contribution in [0.5, 0.6) is 5.75 Å². The fourth-order valence-electron chi connectivity index (χ4n) is 2.31. The highest BCUT2D eigenvalue weighted by Crippen LogP contribution is 2.33. The summed E-state index contributed by atoms with van der Waals surface area (Å²) in [6.45, 7) is -0.225. The summed E-state index contributed by atoms with van der Waals surface area (Å²) in [6.07, 6.45) is 2.06. The van der Waals surface area contributed by atoms with E-state index in [1.54, 1.807) is 0 Å². The minimum absolute atomic E-state index is 0.225. The van der Waals surface area contributed by atoms with Gasteiger partial charge in [0.1, 0.15) is 5.75 Å². The van der Waals surface area contributed by atoms with E-state index in [0.717, 1.165) is 12.8 Å². The van der Waals surface area contributed by atoms with Crippen LogP contribution in [0.15, 0.2) is 18.2 Å². The lowest BCUT2D eigenvalue weighted by Gasteiger charge is -2.11. The van der Waals surface area contributed by atoms with E-state index in [-0.39, 0.29) is 6.61 Å². The summed E-state index contributed by atoms with van der Waals surface area (Å²) >= 11 is 0. The molecule has 0 bridgehead atoms. The van der Waals surface area contributed by atoms with Crippen molar-refractivity contribution in [2.24, 2.45) is 5.73 Å². The first kappa shape index (κ1) is 13.4. The highest BCUT2D eigenvalue weighted by molar-refractivity contribution is 5.94. The molecule has 2 rings (SSSR count). The van der Waals surface area contributed by atoms with Crippen molar-refractivity contribution in [1.82, 2.24) is 10.6 Å². The van der Waals surface area contributed by atoms with Crippen molar-refractivity contribution >= 4 is 11.9 Å². The molecule has 6 heteroatoms. The molecule has 1 atom stereocenters.